The van der Waals surface area contributed by atoms with Crippen LogP contribution >= 0.6 is 11.6 Å². The van der Waals surface area contributed by atoms with Gasteiger partial charge < -0.3 is 10.2 Å². The molecule has 162 valence electrons. The zero-order valence-corrected chi connectivity index (χ0v) is 16.9. The Bertz CT molecular complexity index is 1060. The number of nitrogens with one attached hydrogen (secondary N) is 1. The van der Waals surface area contributed by atoms with Gasteiger partial charge in [-0.05, 0) is 43.2 Å². The van der Waals surface area contributed by atoms with Gasteiger partial charge in [0.15, 0.2) is 0 Å². The summed E-state index contributed by atoms with van der Waals surface area (Å²) in [5, 5.41) is 11.7. The van der Waals surface area contributed by atoms with Crippen LogP contribution in [0.5, 0.6) is 0 Å². The Morgan fingerprint density at radius 2 is 1.94 bits per heavy atom. The number of carbonyl (C=O) groups is 1. The Labute approximate surface area is 180 Å². The second-order valence-corrected chi connectivity index (χ2v) is 7.58. The van der Waals surface area contributed by atoms with Crippen LogP contribution in [0.25, 0.3) is 5.69 Å². The molecule has 3 aromatic rings. The molecular weight excluding hydrogens is 433 g/mol. The summed E-state index contributed by atoms with van der Waals surface area (Å²) >= 11 is 6.12. The topological polar surface area (TPSA) is 75.9 Å². The second-order valence-electron chi connectivity index (χ2n) is 7.14. The molecule has 31 heavy (non-hydrogen) atoms. The van der Waals surface area contributed by atoms with Gasteiger partial charge in [-0.2, -0.15) is 28.2 Å². The number of rotatable bonds is 4. The zero-order chi connectivity index (χ0) is 22.0. The summed E-state index contributed by atoms with van der Waals surface area (Å²) in [5.41, 5.74) is 0.0788. The van der Waals surface area contributed by atoms with E-state index in [1.54, 1.807) is 23.1 Å². The van der Waals surface area contributed by atoms with E-state index in [1.165, 1.54) is 23.3 Å². The summed E-state index contributed by atoms with van der Waals surface area (Å²) in [7, 11) is 0. The molecule has 1 atom stereocenters. The second kappa shape index (κ2) is 8.54. The van der Waals surface area contributed by atoms with Crippen LogP contribution in [0.1, 0.15) is 28.8 Å². The van der Waals surface area contributed by atoms with Gasteiger partial charge in [0.25, 0.3) is 5.91 Å². The SMILES string of the molecule is O=C(c1cc(Cl)ccc1-n1nccn1)N1CCCC(Nc2ccc(C(F)(F)F)cn2)C1. The molecule has 0 saturated carbocycles. The van der Waals surface area contributed by atoms with E-state index >= 15 is 0 Å². The largest absolute Gasteiger partial charge is 0.417 e. The highest BCUT2D eigenvalue weighted by molar-refractivity contribution is 6.31. The van der Waals surface area contributed by atoms with E-state index in [-0.39, 0.29) is 11.9 Å². The normalized spacial score (nSPS) is 16.9. The molecule has 1 aliphatic heterocycles. The maximum absolute atomic E-state index is 13.3. The van der Waals surface area contributed by atoms with Crippen LogP contribution in [0.15, 0.2) is 48.9 Å². The number of alkyl halides is 3. The van der Waals surface area contributed by atoms with Gasteiger partial charge in [0.1, 0.15) is 5.82 Å². The summed E-state index contributed by atoms with van der Waals surface area (Å²) < 4.78 is 38.2. The lowest BCUT2D eigenvalue weighted by molar-refractivity contribution is -0.137. The first-order chi connectivity index (χ1) is 14.8. The highest BCUT2D eigenvalue weighted by Crippen LogP contribution is 2.29. The fourth-order valence-electron chi connectivity index (χ4n) is 3.50. The summed E-state index contributed by atoms with van der Waals surface area (Å²) in [6, 6.07) is 7.05. The van der Waals surface area contributed by atoms with Crippen molar-refractivity contribution in [3.63, 3.8) is 0 Å². The van der Waals surface area contributed by atoms with E-state index in [1.807, 2.05) is 0 Å². The molecule has 11 heteroatoms. The summed E-state index contributed by atoms with van der Waals surface area (Å²) in [6.45, 7) is 0.927. The Kier molecular flexibility index (Phi) is 5.81. The molecule has 1 aromatic carbocycles. The van der Waals surface area contributed by atoms with E-state index in [0.717, 1.165) is 25.1 Å². The van der Waals surface area contributed by atoms with Crippen LogP contribution < -0.4 is 5.32 Å². The van der Waals surface area contributed by atoms with E-state index in [0.29, 0.717) is 35.2 Å². The molecule has 1 amide bonds. The monoisotopic (exact) mass is 450 g/mol. The number of halogens is 4. The van der Waals surface area contributed by atoms with Gasteiger partial charge in [0.2, 0.25) is 0 Å². The number of likely N-dealkylation sites (tertiary alicyclic amines) is 1. The van der Waals surface area contributed by atoms with Crippen LogP contribution in [0.4, 0.5) is 19.0 Å². The number of pyridine rings is 1. The van der Waals surface area contributed by atoms with Crippen molar-refractivity contribution in [2.45, 2.75) is 25.1 Å². The third-order valence-electron chi connectivity index (χ3n) is 4.97. The number of hydrogen-bond acceptors (Lipinski definition) is 5. The molecule has 1 aliphatic rings. The number of aromatic nitrogens is 4. The maximum Gasteiger partial charge on any atom is 0.417 e. The minimum Gasteiger partial charge on any atom is -0.366 e. The van der Waals surface area contributed by atoms with Crippen molar-refractivity contribution >= 4 is 23.3 Å². The van der Waals surface area contributed by atoms with Gasteiger partial charge in [-0.3, -0.25) is 4.79 Å². The predicted molar refractivity (Wildman–Crippen MR) is 108 cm³/mol. The third kappa shape index (κ3) is 4.79. The standard InChI is InChI=1S/C20H18ClF3N6O/c21-14-4-5-17(30-26-7-8-27-30)16(10-14)19(31)29-9-1-2-15(12-29)28-18-6-3-13(11-25-18)20(22,23)24/h3-8,10-11,15H,1-2,9,12H2,(H,25,28). The average molecular weight is 451 g/mol. The van der Waals surface area contributed by atoms with Crippen LogP contribution in [-0.2, 0) is 6.18 Å². The lowest BCUT2D eigenvalue weighted by Gasteiger charge is -2.33. The molecule has 3 heterocycles. The minimum absolute atomic E-state index is 0.146. The van der Waals surface area contributed by atoms with Crippen molar-refractivity contribution in [3.05, 3.63) is 65.1 Å². The predicted octanol–water partition coefficient (Wildman–Crippen LogP) is 4.05. The summed E-state index contributed by atoms with van der Waals surface area (Å²) in [4.78, 5) is 20.1. The van der Waals surface area contributed by atoms with Crippen molar-refractivity contribution in [2.75, 3.05) is 18.4 Å². The number of hydrogen-bond donors (Lipinski definition) is 1. The first kappa shape index (κ1) is 21.1. The first-order valence-corrected chi connectivity index (χ1v) is 9.94. The quantitative estimate of drug-likeness (QED) is 0.649. The minimum atomic E-state index is -4.43. The third-order valence-corrected chi connectivity index (χ3v) is 5.21. The maximum atomic E-state index is 13.3. The van der Waals surface area contributed by atoms with Crippen LogP contribution in [-0.4, -0.2) is 49.9 Å². The fourth-order valence-corrected chi connectivity index (χ4v) is 3.67. The molecule has 2 aromatic heterocycles. The van der Waals surface area contributed by atoms with Crippen LogP contribution in [0.3, 0.4) is 0 Å². The van der Waals surface area contributed by atoms with Gasteiger partial charge >= 0.3 is 6.18 Å². The summed E-state index contributed by atoms with van der Waals surface area (Å²) in [6.07, 6.45) is 0.887. The number of amides is 1. The van der Waals surface area contributed by atoms with Gasteiger partial charge in [-0.25, -0.2) is 4.98 Å². The van der Waals surface area contributed by atoms with Crippen molar-refractivity contribution in [2.24, 2.45) is 0 Å². The molecule has 0 spiro atoms. The Balaban J connectivity index is 1.49. The van der Waals surface area contributed by atoms with Crippen molar-refractivity contribution in [1.82, 2.24) is 24.9 Å². The number of piperidine rings is 1. The molecule has 0 radical (unpaired) electrons. The molecule has 0 bridgehead atoms. The van der Waals surface area contributed by atoms with Gasteiger partial charge in [0.05, 0.1) is 29.2 Å². The van der Waals surface area contributed by atoms with Crippen molar-refractivity contribution in [3.8, 4) is 5.69 Å². The van der Waals surface area contributed by atoms with Gasteiger partial charge in [-0.1, -0.05) is 11.6 Å². The molecular formula is C20H18ClF3N6O. The lowest BCUT2D eigenvalue weighted by Crippen LogP contribution is -2.45. The Morgan fingerprint density at radius 3 is 2.61 bits per heavy atom. The first-order valence-electron chi connectivity index (χ1n) is 9.56. The van der Waals surface area contributed by atoms with Crippen LogP contribution in [0, 0.1) is 0 Å². The molecule has 4 rings (SSSR count). The fraction of sp³-hybridized carbons (Fsp3) is 0.300. The number of nitrogens with zero attached hydrogens (tertiary/aromatic N) is 5. The molecule has 1 N–H and O–H groups in total. The van der Waals surface area contributed by atoms with E-state index in [9.17, 15) is 18.0 Å². The lowest BCUT2D eigenvalue weighted by atomic mass is 10.0. The van der Waals surface area contributed by atoms with E-state index in [2.05, 4.69) is 20.5 Å². The van der Waals surface area contributed by atoms with Gasteiger partial charge in [-0.15, -0.1) is 0 Å². The molecule has 0 aliphatic carbocycles. The van der Waals surface area contributed by atoms with Crippen molar-refractivity contribution < 1.29 is 18.0 Å². The van der Waals surface area contributed by atoms with Crippen LogP contribution in [0.2, 0.25) is 5.02 Å². The van der Waals surface area contributed by atoms with E-state index < -0.39 is 11.7 Å². The highest BCUT2D eigenvalue weighted by atomic mass is 35.5. The summed E-state index contributed by atoms with van der Waals surface area (Å²) in [5.74, 6) is 0.109. The number of anilines is 1. The number of benzene rings is 1. The smallest absolute Gasteiger partial charge is 0.366 e. The Hall–Kier alpha value is -3.14. The molecule has 1 saturated heterocycles. The molecule has 7 nitrogen and oxygen atoms in total. The van der Waals surface area contributed by atoms with Crippen molar-refractivity contribution in [1.29, 1.82) is 0 Å². The highest BCUT2D eigenvalue weighted by Gasteiger charge is 2.31. The van der Waals surface area contributed by atoms with Gasteiger partial charge in [0, 0.05) is 30.4 Å². The average Bonchev–Trinajstić information content (AvgIpc) is 3.28. The van der Waals surface area contributed by atoms with E-state index in [4.69, 9.17) is 11.6 Å². The molecule has 1 unspecified atom stereocenters. The number of carbonyl (C=O) groups excluding carboxylic acids is 1. The Morgan fingerprint density at radius 1 is 1.16 bits per heavy atom. The zero-order valence-electron chi connectivity index (χ0n) is 16.2. The molecule has 1 fully saturated rings.